The van der Waals surface area contributed by atoms with Gasteiger partial charge in [0.25, 0.3) is 11.5 Å². The number of halogens is 2. The van der Waals surface area contributed by atoms with Gasteiger partial charge in [0.2, 0.25) is 0 Å². The number of nitrogens with one attached hydrogen (secondary N) is 1. The number of hydrogen-bond donors (Lipinski definition) is 1. The standard InChI is InChI=1S/C20H20F2N4O.C2H2/c1-3-26-11-15-17(9-18(26)27)24-12(2)25-19(15)23-10-13-5-4-6-16-14(13)7-8-20(16,21)22;1-2/h4-6,9,11H,3,7-8,10H2,1-2H3,(H,23,24,25);1-2H. The summed E-state index contributed by atoms with van der Waals surface area (Å²) in [5.41, 5.74) is 2.15. The van der Waals surface area contributed by atoms with Crippen LogP contribution < -0.4 is 10.9 Å². The molecular formula is C22H22F2N4O. The van der Waals surface area contributed by atoms with E-state index >= 15 is 0 Å². The lowest BCUT2D eigenvalue weighted by atomic mass is 10.0. The topological polar surface area (TPSA) is 59.8 Å². The van der Waals surface area contributed by atoms with Crippen LogP contribution in [-0.4, -0.2) is 14.5 Å². The van der Waals surface area contributed by atoms with Crippen molar-refractivity contribution in [2.45, 2.75) is 45.7 Å². The molecule has 4 rings (SSSR count). The van der Waals surface area contributed by atoms with Gasteiger partial charge in [-0.3, -0.25) is 4.79 Å². The molecule has 3 aromatic rings. The third-order valence-corrected chi connectivity index (χ3v) is 5.06. The molecule has 0 aliphatic heterocycles. The van der Waals surface area contributed by atoms with Gasteiger partial charge in [0.05, 0.1) is 10.9 Å². The van der Waals surface area contributed by atoms with Gasteiger partial charge in [0.15, 0.2) is 0 Å². The first kappa shape index (κ1) is 20.5. The minimum atomic E-state index is -2.75. The summed E-state index contributed by atoms with van der Waals surface area (Å²) in [6, 6.07) is 6.55. The van der Waals surface area contributed by atoms with Crippen LogP contribution in [0.3, 0.4) is 0 Å². The van der Waals surface area contributed by atoms with Crippen molar-refractivity contribution < 1.29 is 8.78 Å². The third-order valence-electron chi connectivity index (χ3n) is 5.06. The number of pyridine rings is 1. The van der Waals surface area contributed by atoms with Crippen LogP contribution in [0.4, 0.5) is 14.6 Å². The molecule has 0 saturated carbocycles. The van der Waals surface area contributed by atoms with E-state index in [1.54, 1.807) is 23.8 Å². The molecule has 0 radical (unpaired) electrons. The van der Waals surface area contributed by atoms with Gasteiger partial charge < -0.3 is 9.88 Å². The lowest BCUT2D eigenvalue weighted by Gasteiger charge is -2.14. The van der Waals surface area contributed by atoms with Gasteiger partial charge in [-0.15, -0.1) is 12.8 Å². The van der Waals surface area contributed by atoms with Crippen LogP contribution in [-0.2, 0) is 25.4 Å². The fourth-order valence-corrected chi connectivity index (χ4v) is 3.68. The zero-order chi connectivity index (χ0) is 21.2. The van der Waals surface area contributed by atoms with Gasteiger partial charge in [-0.05, 0) is 31.4 Å². The maximum atomic E-state index is 14.0. The summed E-state index contributed by atoms with van der Waals surface area (Å²) in [5, 5.41) is 4.00. The molecular weight excluding hydrogens is 374 g/mol. The molecule has 5 nitrogen and oxygen atoms in total. The number of aryl methyl sites for hydroxylation is 2. The van der Waals surface area contributed by atoms with E-state index in [2.05, 4.69) is 28.1 Å². The number of anilines is 1. The van der Waals surface area contributed by atoms with E-state index in [0.29, 0.717) is 36.7 Å². The quantitative estimate of drug-likeness (QED) is 0.677. The van der Waals surface area contributed by atoms with E-state index in [0.717, 1.165) is 16.5 Å². The number of benzene rings is 1. The highest BCUT2D eigenvalue weighted by molar-refractivity contribution is 5.88. The van der Waals surface area contributed by atoms with Crippen LogP contribution in [0.15, 0.2) is 35.3 Å². The summed E-state index contributed by atoms with van der Waals surface area (Å²) in [4.78, 5) is 20.9. The maximum Gasteiger partial charge on any atom is 0.273 e. The molecule has 2 aromatic heterocycles. The number of fused-ring (bicyclic) bond motifs is 2. The summed E-state index contributed by atoms with van der Waals surface area (Å²) in [5.74, 6) is -1.61. The summed E-state index contributed by atoms with van der Waals surface area (Å²) in [7, 11) is 0. The smallest absolute Gasteiger partial charge is 0.273 e. The van der Waals surface area contributed by atoms with Crippen molar-refractivity contribution in [3.8, 4) is 12.8 Å². The molecule has 1 aromatic carbocycles. The molecule has 29 heavy (non-hydrogen) atoms. The summed E-state index contributed by atoms with van der Waals surface area (Å²) < 4.78 is 29.6. The van der Waals surface area contributed by atoms with E-state index in [9.17, 15) is 13.6 Å². The molecule has 0 fully saturated rings. The Bertz CT molecular complexity index is 1130. The number of aromatic nitrogens is 3. The summed E-state index contributed by atoms with van der Waals surface area (Å²) in [6.45, 7) is 4.58. The Morgan fingerprint density at radius 1 is 1.28 bits per heavy atom. The van der Waals surface area contributed by atoms with Crippen LogP contribution in [0.25, 0.3) is 10.9 Å². The van der Waals surface area contributed by atoms with Gasteiger partial charge in [-0.25, -0.2) is 18.7 Å². The van der Waals surface area contributed by atoms with Crippen molar-refractivity contribution in [2.75, 3.05) is 5.32 Å². The van der Waals surface area contributed by atoms with E-state index in [-0.39, 0.29) is 17.5 Å². The molecule has 0 spiro atoms. The fraction of sp³-hybridized carbons (Fsp3) is 0.318. The lowest BCUT2D eigenvalue weighted by molar-refractivity contribution is -0.00184. The Hall–Kier alpha value is -3.27. The molecule has 0 unspecified atom stereocenters. The fourth-order valence-electron chi connectivity index (χ4n) is 3.68. The second-order valence-corrected chi connectivity index (χ2v) is 6.82. The second-order valence-electron chi connectivity index (χ2n) is 6.82. The molecule has 2 heterocycles. The maximum absolute atomic E-state index is 14.0. The summed E-state index contributed by atoms with van der Waals surface area (Å²) >= 11 is 0. The van der Waals surface area contributed by atoms with Crippen LogP contribution in [0.1, 0.15) is 35.9 Å². The first-order chi connectivity index (χ1) is 13.9. The average molecular weight is 396 g/mol. The van der Waals surface area contributed by atoms with Gasteiger partial charge in [0, 0.05) is 37.3 Å². The van der Waals surface area contributed by atoms with Crippen LogP contribution in [0.5, 0.6) is 0 Å². The van der Waals surface area contributed by atoms with Crippen LogP contribution in [0, 0.1) is 19.8 Å². The largest absolute Gasteiger partial charge is 0.365 e. The molecule has 0 amide bonds. The highest BCUT2D eigenvalue weighted by Crippen LogP contribution is 2.42. The van der Waals surface area contributed by atoms with E-state index in [4.69, 9.17) is 0 Å². The lowest BCUT2D eigenvalue weighted by Crippen LogP contribution is -2.18. The molecule has 1 aliphatic rings. The molecule has 0 bridgehead atoms. The summed E-state index contributed by atoms with van der Waals surface area (Å²) in [6.07, 6.45) is 9.97. The first-order valence-electron chi connectivity index (χ1n) is 9.34. The van der Waals surface area contributed by atoms with Gasteiger partial charge in [-0.2, -0.15) is 0 Å². The molecule has 1 N–H and O–H groups in total. The minimum Gasteiger partial charge on any atom is -0.365 e. The van der Waals surface area contributed by atoms with E-state index < -0.39 is 5.92 Å². The predicted molar refractivity (Wildman–Crippen MR) is 110 cm³/mol. The predicted octanol–water partition coefficient (Wildman–Crippen LogP) is 4.02. The molecule has 150 valence electrons. The van der Waals surface area contributed by atoms with Crippen molar-refractivity contribution in [3.63, 3.8) is 0 Å². The van der Waals surface area contributed by atoms with Gasteiger partial charge in [0.1, 0.15) is 11.6 Å². The zero-order valence-electron chi connectivity index (χ0n) is 16.4. The monoisotopic (exact) mass is 396 g/mol. The van der Waals surface area contributed by atoms with Crippen LogP contribution >= 0.6 is 0 Å². The highest BCUT2D eigenvalue weighted by atomic mass is 19.3. The SMILES string of the molecule is C#C.CCn1cc2c(NCc3cccc4c3CCC4(F)F)nc(C)nc2cc1=O. The van der Waals surface area contributed by atoms with E-state index in [1.165, 1.54) is 12.1 Å². The molecule has 1 aliphatic carbocycles. The number of alkyl halides is 2. The van der Waals surface area contributed by atoms with Crippen molar-refractivity contribution in [3.05, 3.63) is 63.3 Å². The Labute approximate surface area is 167 Å². The first-order valence-corrected chi connectivity index (χ1v) is 9.34. The number of nitrogens with zero attached hydrogens (tertiary/aromatic N) is 3. The Balaban J connectivity index is 0.00000117. The van der Waals surface area contributed by atoms with Crippen molar-refractivity contribution >= 4 is 16.7 Å². The Morgan fingerprint density at radius 2 is 2.03 bits per heavy atom. The van der Waals surface area contributed by atoms with E-state index in [1.807, 2.05) is 13.0 Å². The minimum absolute atomic E-state index is 0.114. The van der Waals surface area contributed by atoms with Crippen molar-refractivity contribution in [1.82, 2.24) is 14.5 Å². The molecule has 7 heteroatoms. The normalized spacial score (nSPS) is 14.1. The molecule has 0 atom stereocenters. The Morgan fingerprint density at radius 3 is 2.76 bits per heavy atom. The second kappa shape index (κ2) is 8.00. The number of hydrogen-bond acceptors (Lipinski definition) is 4. The van der Waals surface area contributed by atoms with Gasteiger partial charge >= 0.3 is 0 Å². The van der Waals surface area contributed by atoms with Crippen LogP contribution in [0.2, 0.25) is 0 Å². The molecule has 0 saturated heterocycles. The van der Waals surface area contributed by atoms with Gasteiger partial charge in [-0.1, -0.05) is 18.2 Å². The van der Waals surface area contributed by atoms with Crippen molar-refractivity contribution in [1.29, 1.82) is 0 Å². The Kier molecular flexibility index (Phi) is 5.64. The number of terminal acetylenes is 1. The third kappa shape index (κ3) is 3.83. The highest BCUT2D eigenvalue weighted by Gasteiger charge is 2.39. The average Bonchev–Trinajstić information content (AvgIpc) is 3.02. The zero-order valence-corrected chi connectivity index (χ0v) is 16.4. The van der Waals surface area contributed by atoms with Crippen molar-refractivity contribution in [2.24, 2.45) is 0 Å². The number of rotatable bonds is 4.